The smallest absolute Gasteiger partial charge is 0.255 e. The van der Waals surface area contributed by atoms with Crippen LogP contribution < -0.4 is 9.80 Å². The maximum atomic E-state index is 12.5. The van der Waals surface area contributed by atoms with Crippen molar-refractivity contribution in [3.63, 3.8) is 0 Å². The van der Waals surface area contributed by atoms with Crippen LogP contribution in [0, 0.1) is 0 Å². The number of anilines is 2. The van der Waals surface area contributed by atoms with Gasteiger partial charge in [0.15, 0.2) is 0 Å². The van der Waals surface area contributed by atoms with Crippen LogP contribution in [0.3, 0.4) is 0 Å². The third-order valence-electron chi connectivity index (χ3n) is 3.89. The number of amides is 1. The number of hydrogen-bond acceptors (Lipinski definition) is 6. The average molecular weight is 312 g/mol. The van der Waals surface area contributed by atoms with E-state index in [1.165, 1.54) is 0 Å². The van der Waals surface area contributed by atoms with E-state index in [2.05, 4.69) is 19.9 Å². The maximum Gasteiger partial charge on any atom is 0.255 e. The van der Waals surface area contributed by atoms with Gasteiger partial charge in [-0.15, -0.1) is 0 Å². The number of pyridine rings is 1. The Morgan fingerprint density at radius 1 is 1.04 bits per heavy atom. The second kappa shape index (κ2) is 6.60. The van der Waals surface area contributed by atoms with E-state index in [1.54, 1.807) is 24.8 Å². The molecule has 0 unspecified atom stereocenters. The van der Waals surface area contributed by atoms with Gasteiger partial charge in [-0.1, -0.05) is 0 Å². The van der Waals surface area contributed by atoms with E-state index in [0.717, 1.165) is 24.7 Å². The Bertz CT molecular complexity index is 650. The summed E-state index contributed by atoms with van der Waals surface area (Å²) < 4.78 is 0. The normalized spacial score (nSPS) is 14.7. The molecule has 1 aliphatic heterocycles. The van der Waals surface area contributed by atoms with Crippen LogP contribution in [0.25, 0.3) is 0 Å². The lowest BCUT2D eigenvalue weighted by molar-refractivity contribution is 0.0746. The number of carbonyl (C=O) groups is 1. The minimum atomic E-state index is 0.0293. The lowest BCUT2D eigenvalue weighted by atomic mass is 10.2. The maximum absolute atomic E-state index is 12.5. The molecule has 1 fully saturated rings. The zero-order valence-corrected chi connectivity index (χ0v) is 13.4. The van der Waals surface area contributed by atoms with E-state index in [-0.39, 0.29) is 5.91 Å². The van der Waals surface area contributed by atoms with Gasteiger partial charge < -0.3 is 14.7 Å². The SMILES string of the molecule is CN(C)c1ccc(C(=O)N2CCN(c3cnccn3)CC2)cn1. The van der Waals surface area contributed by atoms with E-state index in [1.807, 2.05) is 36.0 Å². The van der Waals surface area contributed by atoms with Gasteiger partial charge in [0, 0.05) is 58.9 Å². The molecule has 0 spiro atoms. The molecule has 0 aromatic carbocycles. The van der Waals surface area contributed by atoms with Crippen molar-refractivity contribution in [3.8, 4) is 0 Å². The lowest BCUT2D eigenvalue weighted by Gasteiger charge is -2.35. The molecule has 1 amide bonds. The minimum absolute atomic E-state index is 0.0293. The molecule has 0 atom stereocenters. The second-order valence-electron chi connectivity index (χ2n) is 5.64. The highest BCUT2D eigenvalue weighted by Crippen LogP contribution is 2.14. The molecular formula is C16H20N6O. The molecule has 0 saturated carbocycles. The Morgan fingerprint density at radius 2 is 1.83 bits per heavy atom. The summed E-state index contributed by atoms with van der Waals surface area (Å²) >= 11 is 0. The van der Waals surface area contributed by atoms with Gasteiger partial charge in [0.25, 0.3) is 5.91 Å². The molecule has 23 heavy (non-hydrogen) atoms. The van der Waals surface area contributed by atoms with Crippen molar-refractivity contribution < 1.29 is 4.79 Å². The molecule has 0 aliphatic carbocycles. The molecule has 1 aliphatic rings. The standard InChI is InChI=1S/C16H20N6O/c1-20(2)14-4-3-13(11-19-14)16(23)22-9-7-21(8-10-22)15-12-17-5-6-18-15/h3-6,11-12H,7-10H2,1-2H3. The van der Waals surface area contributed by atoms with Crippen LogP contribution in [-0.2, 0) is 0 Å². The molecule has 7 nitrogen and oxygen atoms in total. The molecule has 0 bridgehead atoms. The summed E-state index contributed by atoms with van der Waals surface area (Å²) in [5, 5.41) is 0. The first-order valence-electron chi connectivity index (χ1n) is 7.59. The van der Waals surface area contributed by atoms with Crippen LogP contribution in [0.1, 0.15) is 10.4 Å². The van der Waals surface area contributed by atoms with Gasteiger partial charge in [-0.05, 0) is 12.1 Å². The third-order valence-corrected chi connectivity index (χ3v) is 3.89. The van der Waals surface area contributed by atoms with Gasteiger partial charge >= 0.3 is 0 Å². The van der Waals surface area contributed by atoms with Crippen LogP contribution >= 0.6 is 0 Å². The van der Waals surface area contributed by atoms with Gasteiger partial charge in [-0.25, -0.2) is 9.97 Å². The number of aromatic nitrogens is 3. The summed E-state index contributed by atoms with van der Waals surface area (Å²) in [5.41, 5.74) is 0.628. The van der Waals surface area contributed by atoms with Crippen LogP contribution in [0.4, 0.5) is 11.6 Å². The predicted octanol–water partition coefficient (Wildman–Crippen LogP) is 0.900. The quantitative estimate of drug-likeness (QED) is 0.839. The van der Waals surface area contributed by atoms with Crippen molar-refractivity contribution >= 4 is 17.5 Å². The van der Waals surface area contributed by atoms with Crippen molar-refractivity contribution in [2.45, 2.75) is 0 Å². The zero-order chi connectivity index (χ0) is 16.2. The summed E-state index contributed by atoms with van der Waals surface area (Å²) in [5.74, 6) is 1.73. The van der Waals surface area contributed by atoms with Crippen LogP contribution in [0.2, 0.25) is 0 Å². The van der Waals surface area contributed by atoms with Crippen molar-refractivity contribution in [2.75, 3.05) is 50.1 Å². The summed E-state index contributed by atoms with van der Waals surface area (Å²) in [6.07, 6.45) is 6.74. The van der Waals surface area contributed by atoms with Crippen molar-refractivity contribution in [3.05, 3.63) is 42.5 Å². The molecule has 2 aromatic heterocycles. The highest BCUT2D eigenvalue weighted by molar-refractivity contribution is 5.94. The fraction of sp³-hybridized carbons (Fsp3) is 0.375. The molecular weight excluding hydrogens is 292 g/mol. The Kier molecular flexibility index (Phi) is 4.36. The number of carbonyl (C=O) groups excluding carboxylic acids is 1. The van der Waals surface area contributed by atoms with Crippen LogP contribution in [0.5, 0.6) is 0 Å². The first-order valence-corrected chi connectivity index (χ1v) is 7.59. The molecule has 0 N–H and O–H groups in total. The lowest BCUT2D eigenvalue weighted by Crippen LogP contribution is -2.49. The van der Waals surface area contributed by atoms with Gasteiger partial charge in [-0.2, -0.15) is 0 Å². The highest BCUT2D eigenvalue weighted by atomic mass is 16.2. The minimum Gasteiger partial charge on any atom is -0.363 e. The molecule has 7 heteroatoms. The number of rotatable bonds is 3. The molecule has 120 valence electrons. The first-order chi connectivity index (χ1) is 11.1. The summed E-state index contributed by atoms with van der Waals surface area (Å²) in [6, 6.07) is 3.70. The molecule has 0 radical (unpaired) electrons. The van der Waals surface area contributed by atoms with Crippen molar-refractivity contribution in [1.29, 1.82) is 0 Å². The molecule has 2 aromatic rings. The summed E-state index contributed by atoms with van der Waals surface area (Å²) in [4.78, 5) is 31.2. The average Bonchev–Trinajstić information content (AvgIpc) is 2.62. The number of nitrogens with zero attached hydrogens (tertiary/aromatic N) is 6. The van der Waals surface area contributed by atoms with E-state index in [9.17, 15) is 4.79 Å². The van der Waals surface area contributed by atoms with Gasteiger partial charge in [0.05, 0.1) is 11.8 Å². The van der Waals surface area contributed by atoms with E-state index < -0.39 is 0 Å². The van der Waals surface area contributed by atoms with Gasteiger partial charge in [0.1, 0.15) is 11.6 Å². The van der Waals surface area contributed by atoms with Crippen molar-refractivity contribution in [1.82, 2.24) is 19.9 Å². The van der Waals surface area contributed by atoms with E-state index >= 15 is 0 Å². The highest BCUT2D eigenvalue weighted by Gasteiger charge is 2.23. The number of hydrogen-bond donors (Lipinski definition) is 0. The number of piperazine rings is 1. The third kappa shape index (κ3) is 3.39. The Balaban J connectivity index is 1.62. The molecule has 3 heterocycles. The Labute approximate surface area is 135 Å². The van der Waals surface area contributed by atoms with E-state index in [0.29, 0.717) is 18.7 Å². The summed E-state index contributed by atoms with van der Waals surface area (Å²) in [6.45, 7) is 2.86. The van der Waals surface area contributed by atoms with Crippen LogP contribution in [-0.4, -0.2) is 66.0 Å². The van der Waals surface area contributed by atoms with Gasteiger partial charge in [-0.3, -0.25) is 9.78 Å². The summed E-state index contributed by atoms with van der Waals surface area (Å²) in [7, 11) is 3.85. The largest absolute Gasteiger partial charge is 0.363 e. The fourth-order valence-electron chi connectivity index (χ4n) is 2.55. The molecule has 1 saturated heterocycles. The Morgan fingerprint density at radius 3 is 2.39 bits per heavy atom. The zero-order valence-electron chi connectivity index (χ0n) is 13.4. The van der Waals surface area contributed by atoms with E-state index in [4.69, 9.17) is 0 Å². The second-order valence-corrected chi connectivity index (χ2v) is 5.64. The first kappa shape index (κ1) is 15.2. The molecule has 3 rings (SSSR count). The predicted molar refractivity (Wildman–Crippen MR) is 88.7 cm³/mol. The van der Waals surface area contributed by atoms with Gasteiger partial charge in [0.2, 0.25) is 0 Å². The fourth-order valence-corrected chi connectivity index (χ4v) is 2.55. The monoisotopic (exact) mass is 312 g/mol. The van der Waals surface area contributed by atoms with Crippen molar-refractivity contribution in [2.24, 2.45) is 0 Å². The Hall–Kier alpha value is -2.70. The topological polar surface area (TPSA) is 65.5 Å². The van der Waals surface area contributed by atoms with Crippen LogP contribution in [0.15, 0.2) is 36.9 Å².